The normalized spacial score (nSPS) is 11.5. The quantitative estimate of drug-likeness (QED) is 0.493. The summed E-state index contributed by atoms with van der Waals surface area (Å²) >= 11 is 0. The summed E-state index contributed by atoms with van der Waals surface area (Å²) in [4.78, 5) is 23.6. The summed E-state index contributed by atoms with van der Waals surface area (Å²) in [7, 11) is 0.436. The van der Waals surface area contributed by atoms with E-state index in [1.54, 1.807) is 24.3 Å². The summed E-state index contributed by atoms with van der Waals surface area (Å²) in [5.41, 5.74) is 1.05. The van der Waals surface area contributed by atoms with Crippen LogP contribution in [0.2, 0.25) is 0 Å². The Labute approximate surface area is 165 Å². The van der Waals surface area contributed by atoms with Gasteiger partial charge in [-0.2, -0.15) is 0 Å². The van der Waals surface area contributed by atoms with Gasteiger partial charge in [-0.25, -0.2) is 0 Å². The second-order valence-corrected chi connectivity index (χ2v) is 10.6. The molecule has 4 nitrogen and oxygen atoms in total. The van der Waals surface area contributed by atoms with Crippen molar-refractivity contribution in [3.05, 3.63) is 90.0 Å². The Kier molecular flexibility index (Phi) is 5.91. The molecule has 3 aromatic rings. The number of hydrogen-bond acceptors (Lipinski definition) is 4. The van der Waals surface area contributed by atoms with Crippen LogP contribution in [-0.4, -0.2) is 32.8 Å². The number of methoxy groups -OCH3 is 2. The standard InChI is InChI=1S/C23H23O4P/c1-26-22(24)17-9-13-20(14-10-17)28(3,19-7-5-4-6-8-19)21-15-11-18(12-16-21)23(25)27-2/h4-16,28H,1-3H3. The maximum atomic E-state index is 11.8. The number of benzene rings is 3. The molecule has 3 aromatic carbocycles. The summed E-state index contributed by atoms with van der Waals surface area (Å²) in [6.07, 6.45) is 0. The molecule has 0 aromatic heterocycles. The van der Waals surface area contributed by atoms with Gasteiger partial charge in [0.05, 0.1) is 0 Å². The Morgan fingerprint density at radius 2 is 0.964 bits per heavy atom. The SMILES string of the molecule is COC(=O)c1ccc([PH](C)(c2ccccc2)c2ccc(C(=O)OC)cc2)cc1. The Hall–Kier alpha value is -2.97. The van der Waals surface area contributed by atoms with Gasteiger partial charge in [-0.15, -0.1) is 0 Å². The molecule has 0 aliphatic carbocycles. The van der Waals surface area contributed by atoms with Gasteiger partial charge in [0.2, 0.25) is 0 Å². The van der Waals surface area contributed by atoms with Crippen molar-refractivity contribution in [1.82, 2.24) is 0 Å². The van der Waals surface area contributed by atoms with Crippen LogP contribution in [-0.2, 0) is 9.47 Å². The fraction of sp³-hybridized carbons (Fsp3) is 0.130. The summed E-state index contributed by atoms with van der Waals surface area (Å²) in [6.45, 7) is 2.27. The average molecular weight is 394 g/mol. The second-order valence-electron chi connectivity index (χ2n) is 6.63. The predicted octanol–water partition coefficient (Wildman–Crippen LogP) is 2.92. The molecule has 0 aliphatic heterocycles. The van der Waals surface area contributed by atoms with Crippen molar-refractivity contribution < 1.29 is 19.1 Å². The summed E-state index contributed by atoms with van der Waals surface area (Å²) in [6, 6.07) is 25.5. The van der Waals surface area contributed by atoms with Crippen LogP contribution in [0.15, 0.2) is 78.9 Å². The molecule has 0 heterocycles. The second kappa shape index (κ2) is 8.37. The third-order valence-electron chi connectivity index (χ3n) is 5.12. The Bertz CT molecular complexity index is 904. The number of hydrogen-bond donors (Lipinski definition) is 0. The molecule has 0 bridgehead atoms. The van der Waals surface area contributed by atoms with E-state index >= 15 is 0 Å². The first kappa shape index (κ1) is 19.8. The van der Waals surface area contributed by atoms with Gasteiger partial charge in [0.1, 0.15) is 0 Å². The van der Waals surface area contributed by atoms with Gasteiger partial charge in [-0.1, -0.05) is 0 Å². The van der Waals surface area contributed by atoms with E-state index in [1.165, 1.54) is 19.5 Å². The van der Waals surface area contributed by atoms with Crippen molar-refractivity contribution in [3.8, 4) is 0 Å². The fourth-order valence-electron chi connectivity index (χ4n) is 3.39. The molecule has 0 amide bonds. The van der Waals surface area contributed by atoms with E-state index in [1.807, 2.05) is 42.5 Å². The molecule has 0 fully saturated rings. The van der Waals surface area contributed by atoms with Gasteiger partial charge < -0.3 is 0 Å². The van der Waals surface area contributed by atoms with E-state index in [-0.39, 0.29) is 11.9 Å². The molecule has 0 radical (unpaired) electrons. The summed E-state index contributed by atoms with van der Waals surface area (Å²) < 4.78 is 9.61. The van der Waals surface area contributed by atoms with Crippen LogP contribution >= 0.6 is 7.26 Å². The Balaban J connectivity index is 2.11. The summed E-state index contributed by atoms with van der Waals surface area (Å²) in [5.74, 6) is -0.700. The number of esters is 2. The van der Waals surface area contributed by atoms with Gasteiger partial charge >= 0.3 is 165 Å². The van der Waals surface area contributed by atoms with Gasteiger partial charge in [0.25, 0.3) is 0 Å². The van der Waals surface area contributed by atoms with Crippen LogP contribution in [0.25, 0.3) is 0 Å². The van der Waals surface area contributed by atoms with Crippen molar-refractivity contribution >= 4 is 35.1 Å². The molecular formula is C23H23O4P. The van der Waals surface area contributed by atoms with Crippen molar-refractivity contribution in [2.24, 2.45) is 0 Å². The Morgan fingerprint density at radius 3 is 1.32 bits per heavy atom. The summed E-state index contributed by atoms with van der Waals surface area (Å²) in [5, 5.41) is 3.57. The minimum absolute atomic E-state index is 0.350. The van der Waals surface area contributed by atoms with Crippen molar-refractivity contribution in [1.29, 1.82) is 0 Å². The van der Waals surface area contributed by atoms with Crippen molar-refractivity contribution in [3.63, 3.8) is 0 Å². The third kappa shape index (κ3) is 3.69. The van der Waals surface area contributed by atoms with E-state index < -0.39 is 7.26 Å². The molecule has 0 spiro atoms. The Morgan fingerprint density at radius 1 is 0.607 bits per heavy atom. The van der Waals surface area contributed by atoms with Crippen LogP contribution < -0.4 is 15.9 Å². The van der Waals surface area contributed by atoms with Gasteiger partial charge in [0.15, 0.2) is 0 Å². The first-order chi connectivity index (χ1) is 13.5. The molecule has 0 unspecified atom stereocenters. The van der Waals surface area contributed by atoms with Crippen LogP contribution in [0.1, 0.15) is 20.7 Å². The molecule has 0 aliphatic rings. The molecule has 28 heavy (non-hydrogen) atoms. The molecule has 3 rings (SSSR count). The van der Waals surface area contributed by atoms with Crippen LogP contribution in [0.5, 0.6) is 0 Å². The van der Waals surface area contributed by atoms with Crippen LogP contribution in [0, 0.1) is 0 Å². The number of carbonyl (C=O) groups excluding carboxylic acids is 2. The zero-order valence-corrected chi connectivity index (χ0v) is 17.1. The van der Waals surface area contributed by atoms with E-state index in [9.17, 15) is 9.59 Å². The van der Waals surface area contributed by atoms with Gasteiger partial charge in [0, 0.05) is 0 Å². The zero-order valence-electron chi connectivity index (χ0n) is 16.1. The maximum absolute atomic E-state index is 11.8. The molecule has 144 valence electrons. The van der Waals surface area contributed by atoms with Gasteiger partial charge in [-0.05, 0) is 0 Å². The monoisotopic (exact) mass is 394 g/mol. The molecule has 0 atom stereocenters. The first-order valence-electron chi connectivity index (χ1n) is 8.94. The van der Waals surface area contributed by atoms with Crippen molar-refractivity contribution in [2.45, 2.75) is 0 Å². The van der Waals surface area contributed by atoms with Crippen molar-refractivity contribution in [2.75, 3.05) is 20.9 Å². The van der Waals surface area contributed by atoms with Crippen LogP contribution in [0.4, 0.5) is 0 Å². The van der Waals surface area contributed by atoms with E-state index in [0.29, 0.717) is 11.1 Å². The minimum atomic E-state index is -2.32. The van der Waals surface area contributed by atoms with Crippen LogP contribution in [0.3, 0.4) is 0 Å². The topological polar surface area (TPSA) is 52.6 Å². The molecule has 5 heteroatoms. The van der Waals surface area contributed by atoms with E-state index in [0.717, 1.165) is 10.6 Å². The zero-order chi connectivity index (χ0) is 20.1. The van der Waals surface area contributed by atoms with E-state index in [2.05, 4.69) is 18.8 Å². The van der Waals surface area contributed by atoms with E-state index in [4.69, 9.17) is 9.47 Å². The molecule has 0 saturated carbocycles. The number of carbonyl (C=O) groups is 2. The van der Waals surface area contributed by atoms with Gasteiger partial charge in [-0.3, -0.25) is 0 Å². The number of ether oxygens (including phenoxy) is 2. The first-order valence-corrected chi connectivity index (χ1v) is 11.4. The third-order valence-corrected chi connectivity index (χ3v) is 9.58. The fourth-order valence-corrected chi connectivity index (χ4v) is 6.91. The molecule has 0 saturated heterocycles. The number of rotatable bonds is 5. The molecular weight excluding hydrogens is 371 g/mol. The predicted molar refractivity (Wildman–Crippen MR) is 115 cm³/mol. The average Bonchev–Trinajstić information content (AvgIpc) is 2.78. The molecule has 0 N–H and O–H groups in total.